The number of nitrogens with zero attached hydrogens (tertiary/aromatic N) is 2. The van der Waals surface area contributed by atoms with Crippen LogP contribution in [0.25, 0.3) is 0 Å². The molecular weight excluding hydrogens is 500 g/mol. The molecule has 3 fully saturated rings. The summed E-state index contributed by atoms with van der Waals surface area (Å²) in [6.45, 7) is 1.86. The van der Waals surface area contributed by atoms with Crippen molar-refractivity contribution >= 4 is 11.8 Å². The Hall–Kier alpha value is -3.14. The number of methoxy groups -OCH3 is 1. The molecule has 3 aliphatic heterocycles. The number of carbonyl (C=O) groups excluding carboxylic acids is 2. The smallest absolute Gasteiger partial charge is 0.265 e. The number of phenolic OH excluding ortho intramolecular Hbond substituents is 1. The highest BCUT2D eigenvalue weighted by Crippen LogP contribution is 2.66. The zero-order valence-corrected chi connectivity index (χ0v) is 21.9. The number of rotatable bonds is 6. The zero-order valence-electron chi connectivity index (χ0n) is 21.9. The Balaban J connectivity index is 1.27. The van der Waals surface area contributed by atoms with Crippen LogP contribution in [0.3, 0.4) is 0 Å². The van der Waals surface area contributed by atoms with E-state index in [0.717, 1.165) is 30.6 Å². The van der Waals surface area contributed by atoms with E-state index in [0.29, 0.717) is 36.7 Å². The van der Waals surface area contributed by atoms with E-state index in [-0.39, 0.29) is 29.7 Å². The second-order valence-corrected chi connectivity index (χ2v) is 12.1. The number of amides is 2. The second-order valence-electron chi connectivity index (χ2n) is 12.1. The fourth-order valence-electron chi connectivity index (χ4n) is 8.53. The van der Waals surface area contributed by atoms with Crippen molar-refractivity contribution in [3.05, 3.63) is 52.6 Å². The standard InChI is InChI=1S/C30H32N2O7/c1-37-15-38-21-8-7-17-13-22-30(36)10-9-19(32-27(34)18-3-2-4-20(33)23(18)28(32)35)26-29(30,24(17)25(21)39-26)11-12-31(22)14-16-5-6-16/h2-4,7-8,16,19,22,26,33,36H,5-6,9-15H2,1H3/t19?,22-,26+,29+,30-/m1/s1. The maximum absolute atomic E-state index is 13.7. The van der Waals surface area contributed by atoms with E-state index in [1.165, 1.54) is 23.8 Å². The lowest BCUT2D eigenvalue weighted by atomic mass is 9.48. The Labute approximate surface area is 226 Å². The van der Waals surface area contributed by atoms with Gasteiger partial charge < -0.3 is 24.4 Å². The molecule has 1 unspecified atom stereocenters. The number of aliphatic hydroxyl groups is 1. The molecule has 2 amide bonds. The van der Waals surface area contributed by atoms with Gasteiger partial charge >= 0.3 is 0 Å². The summed E-state index contributed by atoms with van der Waals surface area (Å²) in [5.41, 5.74) is 0.498. The molecule has 39 heavy (non-hydrogen) atoms. The number of phenols is 1. The van der Waals surface area contributed by atoms with Crippen molar-refractivity contribution in [3.8, 4) is 17.2 Å². The van der Waals surface area contributed by atoms with Gasteiger partial charge in [0.05, 0.1) is 28.2 Å². The fraction of sp³-hybridized carbons (Fsp3) is 0.533. The highest BCUT2D eigenvalue weighted by Gasteiger charge is 2.74. The lowest BCUT2D eigenvalue weighted by Crippen LogP contribution is -2.78. The van der Waals surface area contributed by atoms with Gasteiger partial charge in [-0.15, -0.1) is 0 Å². The van der Waals surface area contributed by atoms with Gasteiger partial charge in [0.15, 0.2) is 18.3 Å². The number of likely N-dealkylation sites (tertiary alicyclic amines) is 1. The van der Waals surface area contributed by atoms with Gasteiger partial charge in [-0.2, -0.15) is 0 Å². The van der Waals surface area contributed by atoms with E-state index in [1.807, 2.05) is 6.07 Å². The first kappa shape index (κ1) is 23.7. The summed E-state index contributed by atoms with van der Waals surface area (Å²) >= 11 is 0. The number of piperidine rings is 1. The molecule has 204 valence electrons. The van der Waals surface area contributed by atoms with Crippen LogP contribution in [0.5, 0.6) is 17.2 Å². The molecule has 2 aromatic carbocycles. The van der Waals surface area contributed by atoms with Gasteiger partial charge in [-0.3, -0.25) is 19.4 Å². The first-order valence-corrected chi connectivity index (χ1v) is 14.0. The van der Waals surface area contributed by atoms with E-state index in [2.05, 4.69) is 11.0 Å². The number of hydrogen-bond donors (Lipinski definition) is 2. The third kappa shape index (κ3) is 2.90. The number of fused-ring (bicyclic) bond motifs is 1. The molecule has 9 heteroatoms. The number of benzene rings is 2. The van der Waals surface area contributed by atoms with Crippen molar-refractivity contribution in [2.75, 3.05) is 27.0 Å². The van der Waals surface area contributed by atoms with Crippen molar-refractivity contribution in [1.29, 1.82) is 0 Å². The number of aromatic hydroxyl groups is 1. The maximum atomic E-state index is 13.7. The van der Waals surface area contributed by atoms with Crippen LogP contribution in [0.15, 0.2) is 30.3 Å². The molecule has 1 spiro atoms. The summed E-state index contributed by atoms with van der Waals surface area (Å²) in [4.78, 5) is 31.1. The lowest BCUT2D eigenvalue weighted by Gasteiger charge is -2.64. The van der Waals surface area contributed by atoms with Crippen molar-refractivity contribution in [3.63, 3.8) is 0 Å². The third-order valence-electron chi connectivity index (χ3n) is 10.3. The van der Waals surface area contributed by atoms with E-state index in [9.17, 15) is 19.8 Å². The van der Waals surface area contributed by atoms with Crippen molar-refractivity contribution in [2.24, 2.45) is 5.92 Å². The van der Waals surface area contributed by atoms with Gasteiger partial charge in [-0.05, 0) is 74.8 Å². The Morgan fingerprint density at radius 3 is 2.72 bits per heavy atom. The molecule has 9 nitrogen and oxygen atoms in total. The SMILES string of the molecule is COCOc1ccc2c3c1O[C@H]1C(N4C(=O)c5cccc(O)c5C4=O)CC[C@@]4(O)[C@@H](C2)N(CC2CC2)CC[C@]314. The molecule has 3 heterocycles. The summed E-state index contributed by atoms with van der Waals surface area (Å²) in [5.74, 6) is 0.703. The molecule has 0 radical (unpaired) electrons. The van der Waals surface area contributed by atoms with Crippen molar-refractivity contribution < 1.29 is 34.0 Å². The molecule has 6 aliphatic rings. The predicted molar refractivity (Wildman–Crippen MR) is 138 cm³/mol. The predicted octanol–water partition coefficient (Wildman–Crippen LogP) is 2.60. The largest absolute Gasteiger partial charge is 0.507 e. The summed E-state index contributed by atoms with van der Waals surface area (Å²) in [6.07, 6.45) is 4.11. The monoisotopic (exact) mass is 532 g/mol. The van der Waals surface area contributed by atoms with E-state index in [1.54, 1.807) is 19.2 Å². The lowest BCUT2D eigenvalue weighted by molar-refractivity contribution is -0.196. The van der Waals surface area contributed by atoms with Crippen LogP contribution >= 0.6 is 0 Å². The summed E-state index contributed by atoms with van der Waals surface area (Å²) in [6, 6.07) is 7.92. The van der Waals surface area contributed by atoms with Crippen LogP contribution in [0.2, 0.25) is 0 Å². The zero-order chi connectivity index (χ0) is 26.7. The van der Waals surface area contributed by atoms with Gasteiger partial charge in [0.2, 0.25) is 0 Å². The molecule has 2 N–H and O–H groups in total. The van der Waals surface area contributed by atoms with Gasteiger partial charge in [0.25, 0.3) is 11.8 Å². The van der Waals surface area contributed by atoms with Crippen LogP contribution in [0, 0.1) is 5.92 Å². The minimum Gasteiger partial charge on any atom is -0.507 e. The Kier molecular flexibility index (Phi) is 4.84. The van der Waals surface area contributed by atoms with Crippen LogP contribution in [0.4, 0.5) is 0 Å². The topological polar surface area (TPSA) is 109 Å². The number of ether oxygens (including phenoxy) is 3. The average molecular weight is 533 g/mol. The number of carbonyl (C=O) groups is 2. The molecule has 2 saturated carbocycles. The van der Waals surface area contributed by atoms with E-state index >= 15 is 0 Å². The Bertz CT molecular complexity index is 1420. The number of imide groups is 1. The number of hydrogen-bond acceptors (Lipinski definition) is 8. The fourth-order valence-corrected chi connectivity index (χ4v) is 8.53. The van der Waals surface area contributed by atoms with Gasteiger partial charge in [-0.25, -0.2) is 0 Å². The molecule has 2 aromatic rings. The van der Waals surface area contributed by atoms with E-state index in [4.69, 9.17) is 14.2 Å². The third-order valence-corrected chi connectivity index (χ3v) is 10.3. The first-order valence-electron chi connectivity index (χ1n) is 14.0. The average Bonchev–Trinajstić information content (AvgIpc) is 3.61. The van der Waals surface area contributed by atoms with Crippen LogP contribution < -0.4 is 9.47 Å². The molecule has 0 aromatic heterocycles. The molecular formula is C30H32N2O7. The summed E-state index contributed by atoms with van der Waals surface area (Å²) in [7, 11) is 1.56. The quantitative estimate of drug-likeness (QED) is 0.432. The second kappa shape index (κ2) is 7.96. The Morgan fingerprint density at radius 1 is 1.10 bits per heavy atom. The molecule has 2 bridgehead atoms. The highest BCUT2D eigenvalue weighted by atomic mass is 16.7. The molecule has 1 saturated heterocycles. The van der Waals surface area contributed by atoms with Crippen molar-refractivity contribution in [2.45, 2.75) is 67.7 Å². The normalized spacial score (nSPS) is 34.1. The Morgan fingerprint density at radius 2 is 1.95 bits per heavy atom. The molecule has 5 atom stereocenters. The van der Waals surface area contributed by atoms with Crippen LogP contribution in [-0.2, 0) is 16.6 Å². The first-order chi connectivity index (χ1) is 18.9. The summed E-state index contributed by atoms with van der Waals surface area (Å²) in [5, 5.41) is 23.2. The van der Waals surface area contributed by atoms with Gasteiger partial charge in [-0.1, -0.05) is 12.1 Å². The van der Waals surface area contributed by atoms with E-state index < -0.39 is 35.0 Å². The molecule has 8 rings (SSSR count). The van der Waals surface area contributed by atoms with Gasteiger partial charge in [0.1, 0.15) is 11.9 Å². The minimum atomic E-state index is -1.07. The highest BCUT2D eigenvalue weighted by molar-refractivity contribution is 6.22. The van der Waals surface area contributed by atoms with Crippen molar-refractivity contribution in [1.82, 2.24) is 9.80 Å². The molecule has 3 aliphatic carbocycles. The van der Waals surface area contributed by atoms with Crippen LogP contribution in [0.1, 0.15) is 63.9 Å². The minimum absolute atomic E-state index is 0.0434. The van der Waals surface area contributed by atoms with Gasteiger partial charge in [0, 0.05) is 25.3 Å². The van der Waals surface area contributed by atoms with Crippen LogP contribution in [-0.4, -0.2) is 82.6 Å². The maximum Gasteiger partial charge on any atom is 0.265 e. The summed E-state index contributed by atoms with van der Waals surface area (Å²) < 4.78 is 17.9.